The van der Waals surface area contributed by atoms with Gasteiger partial charge in [-0.15, -0.1) is 0 Å². The Hall–Kier alpha value is -4.10. The molecule has 0 spiro atoms. The summed E-state index contributed by atoms with van der Waals surface area (Å²) >= 11 is 5.96. The standard InChI is InChI=1S/C33H29ClF3N3O/c1-22-9-11-23(12-10-22)20-40-21-28(26-7-2-3-8-31(26)40)27(24-13-14-30(34)29(18-24)33(35,36)37)19-32(41)39-17-15-25-6-4-5-16-38-25/h2-14,16,18,21,27H,15,17,19-20H2,1H3,(H,39,41)/t27-/m0/s1. The van der Waals surface area contributed by atoms with Crippen LogP contribution in [0.5, 0.6) is 0 Å². The summed E-state index contributed by atoms with van der Waals surface area (Å²) in [4.78, 5) is 17.5. The first kappa shape index (κ1) is 28.4. The van der Waals surface area contributed by atoms with Crippen molar-refractivity contribution in [1.29, 1.82) is 0 Å². The molecule has 2 aromatic heterocycles. The molecule has 8 heteroatoms. The summed E-state index contributed by atoms with van der Waals surface area (Å²) in [5, 5.41) is 3.43. The highest BCUT2D eigenvalue weighted by molar-refractivity contribution is 6.31. The number of hydrogen-bond acceptors (Lipinski definition) is 2. The maximum absolute atomic E-state index is 13.8. The molecule has 0 radical (unpaired) electrons. The molecule has 0 aliphatic carbocycles. The highest BCUT2D eigenvalue weighted by atomic mass is 35.5. The molecule has 4 nitrogen and oxygen atoms in total. The van der Waals surface area contributed by atoms with E-state index in [2.05, 4.69) is 27.0 Å². The number of benzene rings is 3. The van der Waals surface area contributed by atoms with E-state index in [1.807, 2.05) is 67.7 Å². The van der Waals surface area contributed by atoms with Gasteiger partial charge < -0.3 is 9.88 Å². The van der Waals surface area contributed by atoms with Gasteiger partial charge >= 0.3 is 6.18 Å². The molecule has 0 aliphatic rings. The Morgan fingerprint density at radius 1 is 1.00 bits per heavy atom. The molecule has 0 aliphatic heterocycles. The second-order valence-corrected chi connectivity index (χ2v) is 10.5. The topological polar surface area (TPSA) is 46.9 Å². The zero-order valence-electron chi connectivity index (χ0n) is 22.5. The van der Waals surface area contributed by atoms with Gasteiger partial charge in [-0.05, 0) is 53.9 Å². The first-order valence-corrected chi connectivity index (χ1v) is 13.7. The number of halogens is 4. The number of carbonyl (C=O) groups is 1. The maximum atomic E-state index is 13.8. The van der Waals surface area contributed by atoms with Gasteiger partial charge in [0.2, 0.25) is 5.91 Å². The molecule has 210 valence electrons. The molecule has 41 heavy (non-hydrogen) atoms. The van der Waals surface area contributed by atoms with E-state index < -0.39 is 17.7 Å². The van der Waals surface area contributed by atoms with Gasteiger partial charge in [0.1, 0.15) is 0 Å². The van der Waals surface area contributed by atoms with Crippen LogP contribution in [-0.2, 0) is 23.9 Å². The molecule has 0 saturated carbocycles. The van der Waals surface area contributed by atoms with Crippen LogP contribution in [0.3, 0.4) is 0 Å². The average molecular weight is 576 g/mol. The molecule has 2 heterocycles. The number of alkyl halides is 3. The molecule has 3 aromatic carbocycles. The zero-order chi connectivity index (χ0) is 29.0. The minimum Gasteiger partial charge on any atom is -0.356 e. The van der Waals surface area contributed by atoms with Crippen LogP contribution in [0.15, 0.2) is 97.3 Å². The molecule has 1 atom stereocenters. The highest BCUT2D eigenvalue weighted by Crippen LogP contribution is 2.40. The van der Waals surface area contributed by atoms with E-state index in [1.165, 1.54) is 6.07 Å². The van der Waals surface area contributed by atoms with Crippen molar-refractivity contribution in [1.82, 2.24) is 14.9 Å². The number of para-hydroxylation sites is 1. The monoisotopic (exact) mass is 575 g/mol. The molecule has 0 bridgehead atoms. The number of nitrogens with one attached hydrogen (secondary N) is 1. The van der Waals surface area contributed by atoms with E-state index in [0.29, 0.717) is 25.1 Å². The van der Waals surface area contributed by atoms with E-state index in [-0.39, 0.29) is 17.4 Å². The van der Waals surface area contributed by atoms with Crippen LogP contribution in [0.25, 0.3) is 10.9 Å². The third kappa shape index (κ3) is 6.80. The number of rotatable bonds is 9. The van der Waals surface area contributed by atoms with Gasteiger partial charge in [-0.2, -0.15) is 13.2 Å². The fourth-order valence-corrected chi connectivity index (χ4v) is 5.32. The van der Waals surface area contributed by atoms with Crippen molar-refractivity contribution < 1.29 is 18.0 Å². The Labute approximate surface area is 241 Å². The van der Waals surface area contributed by atoms with Crippen molar-refractivity contribution in [2.24, 2.45) is 0 Å². The number of fused-ring (bicyclic) bond motifs is 1. The van der Waals surface area contributed by atoms with Gasteiger partial charge in [-0.3, -0.25) is 9.78 Å². The molecule has 0 saturated heterocycles. The normalized spacial score (nSPS) is 12.4. The van der Waals surface area contributed by atoms with E-state index in [9.17, 15) is 18.0 Å². The quantitative estimate of drug-likeness (QED) is 0.194. The third-order valence-electron chi connectivity index (χ3n) is 7.19. The van der Waals surface area contributed by atoms with E-state index in [4.69, 9.17) is 11.6 Å². The zero-order valence-corrected chi connectivity index (χ0v) is 23.2. The summed E-state index contributed by atoms with van der Waals surface area (Å²) in [6, 6.07) is 25.5. The highest BCUT2D eigenvalue weighted by Gasteiger charge is 2.34. The number of hydrogen-bond donors (Lipinski definition) is 1. The predicted molar refractivity (Wildman–Crippen MR) is 156 cm³/mol. The third-order valence-corrected chi connectivity index (χ3v) is 7.52. The summed E-state index contributed by atoms with van der Waals surface area (Å²) in [7, 11) is 0. The lowest BCUT2D eigenvalue weighted by Crippen LogP contribution is -2.27. The van der Waals surface area contributed by atoms with Crippen LogP contribution in [0, 0.1) is 6.92 Å². The van der Waals surface area contributed by atoms with Crippen LogP contribution in [0.1, 0.15) is 45.8 Å². The number of nitrogens with zero attached hydrogens (tertiary/aromatic N) is 2. The summed E-state index contributed by atoms with van der Waals surface area (Å²) in [5.74, 6) is -0.891. The number of aromatic nitrogens is 2. The van der Waals surface area contributed by atoms with Crippen molar-refractivity contribution in [2.45, 2.75) is 38.4 Å². The van der Waals surface area contributed by atoms with Crippen molar-refractivity contribution >= 4 is 28.4 Å². The van der Waals surface area contributed by atoms with Gasteiger partial charge in [0, 0.05) is 60.8 Å². The van der Waals surface area contributed by atoms with Crippen molar-refractivity contribution in [2.75, 3.05) is 6.54 Å². The van der Waals surface area contributed by atoms with Gasteiger partial charge in [-0.25, -0.2) is 0 Å². The Morgan fingerprint density at radius 3 is 2.49 bits per heavy atom. The molecule has 1 amide bonds. The van der Waals surface area contributed by atoms with E-state index in [1.54, 1.807) is 12.3 Å². The van der Waals surface area contributed by atoms with Crippen LogP contribution >= 0.6 is 11.6 Å². The van der Waals surface area contributed by atoms with Gasteiger partial charge in [0.15, 0.2) is 0 Å². The first-order valence-electron chi connectivity index (χ1n) is 13.4. The maximum Gasteiger partial charge on any atom is 0.417 e. The molecule has 5 rings (SSSR count). The average Bonchev–Trinajstić information content (AvgIpc) is 3.31. The second-order valence-electron chi connectivity index (χ2n) is 10.1. The first-order chi connectivity index (χ1) is 19.7. The number of pyridine rings is 1. The summed E-state index contributed by atoms with van der Waals surface area (Å²) < 4.78 is 43.6. The molecule has 0 fully saturated rings. The smallest absolute Gasteiger partial charge is 0.356 e. The summed E-state index contributed by atoms with van der Waals surface area (Å²) in [6.45, 7) is 2.98. The predicted octanol–water partition coefficient (Wildman–Crippen LogP) is 7.95. The molecular formula is C33H29ClF3N3O. The lowest BCUT2D eigenvalue weighted by atomic mass is 9.87. The summed E-state index contributed by atoms with van der Waals surface area (Å²) in [5.41, 5.74) is 4.27. The minimum atomic E-state index is -4.62. The SMILES string of the molecule is Cc1ccc(Cn2cc([C@@H](CC(=O)NCCc3ccccn3)c3ccc(Cl)c(C(F)(F)F)c3)c3ccccc32)cc1. The summed E-state index contributed by atoms with van der Waals surface area (Å²) in [6.07, 6.45) is -0.454. The second kappa shape index (κ2) is 12.2. The van der Waals surface area contributed by atoms with Crippen molar-refractivity contribution in [3.63, 3.8) is 0 Å². The fraction of sp³-hybridized carbons (Fsp3) is 0.212. The Kier molecular flexibility index (Phi) is 8.45. The molecule has 1 N–H and O–H groups in total. The number of carbonyl (C=O) groups excluding carboxylic acids is 1. The Balaban J connectivity index is 1.51. The fourth-order valence-electron chi connectivity index (χ4n) is 5.09. The van der Waals surface area contributed by atoms with E-state index in [0.717, 1.165) is 39.4 Å². The molecular weight excluding hydrogens is 547 g/mol. The molecule has 5 aromatic rings. The van der Waals surface area contributed by atoms with Crippen molar-refractivity contribution in [3.8, 4) is 0 Å². The van der Waals surface area contributed by atoms with E-state index >= 15 is 0 Å². The molecule has 0 unspecified atom stereocenters. The lowest BCUT2D eigenvalue weighted by molar-refractivity contribution is -0.137. The largest absolute Gasteiger partial charge is 0.417 e. The van der Waals surface area contributed by atoms with Gasteiger partial charge in [-0.1, -0.05) is 71.8 Å². The Morgan fingerprint density at radius 2 is 1.76 bits per heavy atom. The lowest BCUT2D eigenvalue weighted by Gasteiger charge is -2.19. The van der Waals surface area contributed by atoms with Gasteiger partial charge in [0.25, 0.3) is 0 Å². The van der Waals surface area contributed by atoms with Crippen LogP contribution in [0.4, 0.5) is 13.2 Å². The Bertz CT molecular complexity index is 1650. The number of aryl methyl sites for hydroxylation is 1. The minimum absolute atomic E-state index is 0.0281. The number of amides is 1. The van der Waals surface area contributed by atoms with Gasteiger partial charge in [0.05, 0.1) is 10.6 Å². The van der Waals surface area contributed by atoms with Crippen LogP contribution in [0.2, 0.25) is 5.02 Å². The van der Waals surface area contributed by atoms with Crippen molar-refractivity contribution in [3.05, 3.63) is 136 Å². The van der Waals surface area contributed by atoms with Crippen LogP contribution < -0.4 is 5.32 Å². The van der Waals surface area contributed by atoms with Crippen LogP contribution in [-0.4, -0.2) is 22.0 Å².